The zero-order valence-corrected chi connectivity index (χ0v) is 18.5. The average Bonchev–Trinajstić information content (AvgIpc) is 3.65. The van der Waals surface area contributed by atoms with Gasteiger partial charge in [-0.1, -0.05) is 24.3 Å². The van der Waals surface area contributed by atoms with Crippen molar-refractivity contribution in [3.05, 3.63) is 64.2 Å². The lowest BCUT2D eigenvalue weighted by Gasteiger charge is -2.45. The van der Waals surface area contributed by atoms with Crippen LogP contribution in [0.5, 0.6) is 0 Å². The molecule has 7 nitrogen and oxygen atoms in total. The number of hydrogen-bond acceptors (Lipinski definition) is 8. The van der Waals surface area contributed by atoms with Gasteiger partial charge in [-0.2, -0.15) is 5.26 Å². The van der Waals surface area contributed by atoms with Crippen molar-refractivity contribution in [1.29, 1.82) is 5.26 Å². The molecule has 8 heteroatoms. The quantitative estimate of drug-likeness (QED) is 0.411. The van der Waals surface area contributed by atoms with Crippen LogP contribution in [0, 0.1) is 11.3 Å². The van der Waals surface area contributed by atoms with E-state index in [0.29, 0.717) is 28.4 Å². The molecule has 2 aliphatic rings. The molecule has 2 aromatic carbocycles. The Hall–Kier alpha value is -1.96. The van der Waals surface area contributed by atoms with E-state index in [-0.39, 0.29) is 5.56 Å². The van der Waals surface area contributed by atoms with Crippen LogP contribution in [0.3, 0.4) is 0 Å². The number of nitriles is 1. The number of nitrogens with zero attached hydrogens (tertiary/aromatic N) is 1. The topological polar surface area (TPSA) is 134 Å². The fourth-order valence-corrected chi connectivity index (χ4v) is 4.87. The number of aliphatic hydroxyl groups excluding tert-OH is 4. The van der Waals surface area contributed by atoms with E-state index in [4.69, 9.17) is 4.74 Å². The van der Waals surface area contributed by atoms with Gasteiger partial charge in [0.05, 0.1) is 12.2 Å². The summed E-state index contributed by atoms with van der Waals surface area (Å²) in [6, 6.07) is 13.6. The van der Waals surface area contributed by atoms with E-state index in [2.05, 4.69) is 18.2 Å². The zero-order chi connectivity index (χ0) is 23.0. The van der Waals surface area contributed by atoms with Crippen molar-refractivity contribution in [2.24, 2.45) is 0 Å². The fourth-order valence-electron chi connectivity index (χ4n) is 4.24. The summed E-state index contributed by atoms with van der Waals surface area (Å²) in [5.41, 5.74) is 3.54. The Bertz CT molecular complexity index is 1020. The van der Waals surface area contributed by atoms with Gasteiger partial charge in [0, 0.05) is 10.5 Å². The van der Waals surface area contributed by atoms with Crippen LogP contribution in [0.25, 0.3) is 0 Å². The summed E-state index contributed by atoms with van der Waals surface area (Å²) < 4.78 is 5.48. The molecule has 170 valence electrons. The third-order valence-corrected chi connectivity index (χ3v) is 7.08. The van der Waals surface area contributed by atoms with Gasteiger partial charge in [-0.05, 0) is 60.3 Å². The van der Waals surface area contributed by atoms with Crippen molar-refractivity contribution in [3.8, 4) is 6.07 Å². The van der Waals surface area contributed by atoms with Crippen LogP contribution < -0.4 is 0 Å². The van der Waals surface area contributed by atoms with Gasteiger partial charge in [0.25, 0.3) is 0 Å². The number of rotatable bonds is 6. The molecule has 1 aliphatic heterocycles. The van der Waals surface area contributed by atoms with Gasteiger partial charge in [-0.15, -0.1) is 11.8 Å². The highest BCUT2D eigenvalue weighted by atomic mass is 32.2. The van der Waals surface area contributed by atoms with Crippen LogP contribution in [0.2, 0.25) is 0 Å². The van der Waals surface area contributed by atoms with Crippen molar-refractivity contribution in [2.75, 3.05) is 12.9 Å². The Labute approximate surface area is 190 Å². The summed E-state index contributed by atoms with van der Waals surface area (Å²) >= 11 is 1.31. The van der Waals surface area contributed by atoms with Gasteiger partial charge in [-0.3, -0.25) is 0 Å². The molecule has 1 heterocycles. The first-order chi connectivity index (χ1) is 15.3. The Balaban J connectivity index is 1.73. The molecular formula is C24H27NO6S. The molecule has 1 saturated carbocycles. The summed E-state index contributed by atoms with van der Waals surface area (Å²) in [5.74, 6) is -1.72. The molecule has 5 atom stereocenters. The van der Waals surface area contributed by atoms with Crippen molar-refractivity contribution in [1.82, 2.24) is 0 Å². The molecule has 0 bridgehead atoms. The number of hydrogen-bond donors (Lipinski definition) is 5. The minimum Gasteiger partial charge on any atom is -0.394 e. The molecule has 0 aromatic heterocycles. The van der Waals surface area contributed by atoms with Gasteiger partial charge < -0.3 is 30.3 Å². The second-order valence-corrected chi connectivity index (χ2v) is 9.33. The van der Waals surface area contributed by atoms with Crippen molar-refractivity contribution in [3.63, 3.8) is 0 Å². The summed E-state index contributed by atoms with van der Waals surface area (Å²) in [7, 11) is 0. The van der Waals surface area contributed by atoms with Crippen LogP contribution in [0.4, 0.5) is 0 Å². The maximum atomic E-state index is 11.2. The van der Waals surface area contributed by atoms with Gasteiger partial charge >= 0.3 is 0 Å². The second kappa shape index (κ2) is 9.12. The summed E-state index contributed by atoms with van der Waals surface area (Å²) in [6.07, 6.45) is -1.77. The van der Waals surface area contributed by atoms with E-state index in [0.717, 1.165) is 5.56 Å². The number of thioether (sulfide) groups is 1. The summed E-state index contributed by atoms with van der Waals surface area (Å²) in [4.78, 5) is 0.583. The number of benzene rings is 2. The predicted octanol–water partition coefficient (Wildman–Crippen LogP) is 1.37. The van der Waals surface area contributed by atoms with Gasteiger partial charge in [-0.25, -0.2) is 0 Å². The van der Waals surface area contributed by atoms with Gasteiger partial charge in [0.2, 0.25) is 5.79 Å². The van der Waals surface area contributed by atoms with E-state index in [1.807, 2.05) is 12.1 Å². The monoisotopic (exact) mass is 457 g/mol. The summed E-state index contributed by atoms with van der Waals surface area (Å²) in [6.45, 7) is -0.654. The van der Waals surface area contributed by atoms with Crippen LogP contribution >= 0.6 is 11.8 Å². The molecule has 0 radical (unpaired) electrons. The van der Waals surface area contributed by atoms with Crippen molar-refractivity contribution in [2.45, 2.75) is 60.3 Å². The molecule has 1 unspecified atom stereocenters. The maximum Gasteiger partial charge on any atom is 0.222 e. The van der Waals surface area contributed by atoms with Gasteiger partial charge in [0.1, 0.15) is 30.5 Å². The van der Waals surface area contributed by atoms with Crippen LogP contribution in [-0.4, -0.2) is 62.8 Å². The Morgan fingerprint density at radius 1 is 1.12 bits per heavy atom. The van der Waals surface area contributed by atoms with E-state index in [9.17, 15) is 30.8 Å². The van der Waals surface area contributed by atoms with E-state index in [1.165, 1.54) is 36.2 Å². The highest BCUT2D eigenvalue weighted by Gasteiger charge is 2.53. The molecule has 1 saturated heterocycles. The molecule has 32 heavy (non-hydrogen) atoms. The SMILES string of the molecule is CSc1cc(C2(O)O[C@H](CO)[C@@H](O)[C@H](O)[C@H]2O)cc(Cc2ccc(C3CC3)cc2)c1C#N. The van der Waals surface area contributed by atoms with E-state index in [1.54, 1.807) is 12.3 Å². The first kappa shape index (κ1) is 23.2. The first-order valence-corrected chi connectivity index (χ1v) is 11.8. The minimum atomic E-state index is -2.37. The largest absolute Gasteiger partial charge is 0.394 e. The average molecular weight is 458 g/mol. The number of ether oxygens (including phenoxy) is 1. The van der Waals surface area contributed by atoms with Gasteiger partial charge in [0.15, 0.2) is 0 Å². The predicted molar refractivity (Wildman–Crippen MR) is 118 cm³/mol. The van der Waals surface area contributed by atoms with E-state index < -0.39 is 36.8 Å². The minimum absolute atomic E-state index is 0.141. The fraction of sp³-hybridized carbons (Fsp3) is 0.458. The molecule has 4 rings (SSSR count). The lowest BCUT2D eigenvalue weighted by atomic mass is 9.86. The maximum absolute atomic E-state index is 11.2. The third-order valence-electron chi connectivity index (χ3n) is 6.32. The molecule has 2 fully saturated rings. The molecular weight excluding hydrogens is 430 g/mol. The summed E-state index contributed by atoms with van der Waals surface area (Å²) in [5, 5.41) is 61.4. The van der Waals surface area contributed by atoms with Crippen LogP contribution in [0.15, 0.2) is 41.3 Å². The van der Waals surface area contributed by atoms with Crippen molar-refractivity contribution < 1.29 is 30.3 Å². The highest BCUT2D eigenvalue weighted by Crippen LogP contribution is 2.41. The molecule has 0 amide bonds. The number of aliphatic hydroxyl groups is 5. The first-order valence-electron chi connectivity index (χ1n) is 10.6. The molecule has 0 spiro atoms. The Morgan fingerprint density at radius 2 is 1.81 bits per heavy atom. The molecule has 1 aliphatic carbocycles. The lowest BCUT2D eigenvalue weighted by Crippen LogP contribution is -2.63. The van der Waals surface area contributed by atoms with E-state index >= 15 is 0 Å². The molecule has 2 aromatic rings. The Morgan fingerprint density at radius 3 is 2.38 bits per heavy atom. The highest BCUT2D eigenvalue weighted by molar-refractivity contribution is 7.98. The lowest BCUT2D eigenvalue weighted by molar-refractivity contribution is -0.357. The normalized spacial score (nSPS) is 30.2. The smallest absolute Gasteiger partial charge is 0.222 e. The van der Waals surface area contributed by atoms with Crippen LogP contribution in [0.1, 0.15) is 46.6 Å². The Kier molecular flexibility index (Phi) is 6.61. The second-order valence-electron chi connectivity index (χ2n) is 8.48. The third kappa shape index (κ3) is 4.18. The van der Waals surface area contributed by atoms with Crippen molar-refractivity contribution >= 4 is 11.8 Å². The molecule has 5 N–H and O–H groups in total. The standard InChI is InChI=1S/C24H27NO6S/c1-32-20-10-17(24(30)23(29)22(28)21(27)19(12-26)31-24)9-16(18(20)11-25)8-13-2-4-14(5-3-13)15-6-7-15/h2-5,9-10,15,19,21-23,26-30H,6-8,12H2,1H3/t19-,21-,22+,23-,24?/m1/s1. The van der Waals surface area contributed by atoms with Crippen LogP contribution in [-0.2, 0) is 16.9 Å². The zero-order valence-electron chi connectivity index (χ0n) is 17.7.